The zero-order valence-electron chi connectivity index (χ0n) is 15.9. The quantitative estimate of drug-likeness (QED) is 0.537. The van der Waals surface area contributed by atoms with Crippen molar-refractivity contribution in [2.24, 2.45) is 0 Å². The number of hydrogen-bond donors (Lipinski definition) is 2. The first-order valence-corrected chi connectivity index (χ1v) is 9.92. The highest BCUT2D eigenvalue weighted by molar-refractivity contribution is 5.96. The van der Waals surface area contributed by atoms with Crippen LogP contribution in [0.5, 0.6) is 0 Å². The summed E-state index contributed by atoms with van der Waals surface area (Å²) in [5.74, 6) is -0.302. The molecule has 29 heavy (non-hydrogen) atoms. The maximum atomic E-state index is 14.8. The second kappa shape index (κ2) is 7.29. The van der Waals surface area contributed by atoms with Crippen molar-refractivity contribution in [2.75, 3.05) is 13.1 Å². The van der Waals surface area contributed by atoms with Gasteiger partial charge in [0.15, 0.2) is 0 Å². The molecule has 2 N–H and O–H groups in total. The number of rotatable bonds is 3. The summed E-state index contributed by atoms with van der Waals surface area (Å²) >= 11 is 0. The van der Waals surface area contributed by atoms with Crippen molar-refractivity contribution in [2.45, 2.75) is 19.3 Å². The van der Waals surface area contributed by atoms with Gasteiger partial charge in [-0.3, -0.25) is 10.2 Å². The predicted octanol–water partition coefficient (Wildman–Crippen LogP) is 4.65. The number of piperidine rings is 1. The summed E-state index contributed by atoms with van der Waals surface area (Å²) in [4.78, 5) is 20.2. The number of benzene rings is 3. The number of fused-ring (bicyclic) bond motifs is 2. The lowest BCUT2D eigenvalue weighted by Gasteiger charge is -2.26. The van der Waals surface area contributed by atoms with E-state index in [1.54, 1.807) is 12.1 Å². The molecule has 5 nitrogen and oxygen atoms in total. The van der Waals surface area contributed by atoms with Crippen molar-refractivity contribution in [3.63, 3.8) is 0 Å². The van der Waals surface area contributed by atoms with E-state index in [9.17, 15) is 9.18 Å². The van der Waals surface area contributed by atoms with Crippen LogP contribution in [0.3, 0.4) is 0 Å². The molecule has 1 saturated heterocycles. The molecule has 0 radical (unpaired) electrons. The molecule has 0 bridgehead atoms. The Kier molecular flexibility index (Phi) is 4.48. The third-order valence-corrected chi connectivity index (χ3v) is 5.45. The first-order valence-electron chi connectivity index (χ1n) is 9.92. The monoisotopic (exact) mass is 388 g/mol. The van der Waals surface area contributed by atoms with Crippen LogP contribution in [0.15, 0.2) is 54.6 Å². The molecule has 2 heterocycles. The Balaban J connectivity index is 1.43. The van der Waals surface area contributed by atoms with Gasteiger partial charge >= 0.3 is 0 Å². The van der Waals surface area contributed by atoms with Crippen LogP contribution in [-0.2, 0) is 0 Å². The minimum atomic E-state index is -0.472. The minimum absolute atomic E-state index is 0.284. The smallest absolute Gasteiger partial charge is 0.265 e. The highest BCUT2D eigenvalue weighted by Gasteiger charge is 2.17. The highest BCUT2D eigenvalue weighted by atomic mass is 19.1. The van der Waals surface area contributed by atoms with E-state index in [0.29, 0.717) is 17.0 Å². The first kappa shape index (κ1) is 17.8. The zero-order chi connectivity index (χ0) is 19.8. The normalized spacial score (nSPS) is 15.1. The molecule has 1 amide bonds. The Hall–Kier alpha value is -3.25. The third-order valence-electron chi connectivity index (χ3n) is 5.45. The lowest BCUT2D eigenvalue weighted by molar-refractivity contribution is 0.0749. The molecular weight excluding hydrogens is 367 g/mol. The van der Waals surface area contributed by atoms with Crippen molar-refractivity contribution in [1.82, 2.24) is 20.4 Å². The largest absolute Gasteiger partial charge is 0.338 e. The van der Waals surface area contributed by atoms with E-state index >= 15 is 0 Å². The molecule has 1 aliphatic heterocycles. The molecule has 1 aliphatic rings. The van der Waals surface area contributed by atoms with E-state index < -0.39 is 5.82 Å². The van der Waals surface area contributed by atoms with Gasteiger partial charge in [0.05, 0.1) is 16.6 Å². The van der Waals surface area contributed by atoms with Crippen molar-refractivity contribution in [3.05, 3.63) is 66.0 Å². The zero-order valence-corrected chi connectivity index (χ0v) is 15.9. The Bertz CT molecular complexity index is 1160. The molecule has 0 saturated carbocycles. The molecule has 1 fully saturated rings. The molecule has 3 aromatic carbocycles. The summed E-state index contributed by atoms with van der Waals surface area (Å²) in [5.41, 5.74) is 5.15. The number of hydrogen-bond acceptors (Lipinski definition) is 3. The standard InChI is InChI=1S/C23H21FN4O/c24-19-12-17(23(29)27-28-10-4-1-5-11-28)8-9-18(19)22-25-20-13-15-6-2-3-7-16(15)14-21(20)26-22/h2-3,6-9,12-14H,1,4-5,10-11H2,(H,25,26)(H,27,29). The SMILES string of the molecule is O=C(NN1CCCCC1)c1ccc(-c2nc3cc4ccccc4cc3[nH]2)c(F)c1. The lowest BCUT2D eigenvalue weighted by Crippen LogP contribution is -2.45. The maximum absolute atomic E-state index is 14.8. The van der Waals surface area contributed by atoms with E-state index in [0.717, 1.165) is 47.7 Å². The fourth-order valence-electron chi connectivity index (χ4n) is 3.89. The van der Waals surface area contributed by atoms with Crippen molar-refractivity contribution >= 4 is 27.7 Å². The number of imidazole rings is 1. The highest BCUT2D eigenvalue weighted by Crippen LogP contribution is 2.27. The topological polar surface area (TPSA) is 61.0 Å². The number of amides is 1. The number of halogens is 1. The number of nitrogens with one attached hydrogen (secondary N) is 2. The Morgan fingerprint density at radius 2 is 1.76 bits per heavy atom. The number of nitrogens with zero attached hydrogens (tertiary/aromatic N) is 2. The van der Waals surface area contributed by atoms with Crippen molar-refractivity contribution < 1.29 is 9.18 Å². The van der Waals surface area contributed by atoms with Gasteiger partial charge in [0.25, 0.3) is 5.91 Å². The number of aromatic nitrogens is 2. The van der Waals surface area contributed by atoms with Crippen LogP contribution in [0.1, 0.15) is 29.6 Å². The van der Waals surface area contributed by atoms with Gasteiger partial charge in [-0.25, -0.2) is 14.4 Å². The van der Waals surface area contributed by atoms with Gasteiger partial charge in [0, 0.05) is 18.7 Å². The number of aromatic amines is 1. The number of H-pyrrole nitrogens is 1. The molecular formula is C23H21FN4O. The first-order chi connectivity index (χ1) is 14.2. The van der Waals surface area contributed by atoms with Gasteiger partial charge in [-0.15, -0.1) is 0 Å². The fraction of sp³-hybridized carbons (Fsp3) is 0.217. The van der Waals surface area contributed by atoms with E-state index in [4.69, 9.17) is 0 Å². The molecule has 5 rings (SSSR count). The predicted molar refractivity (Wildman–Crippen MR) is 112 cm³/mol. The van der Waals surface area contributed by atoms with Crippen LogP contribution in [0.4, 0.5) is 4.39 Å². The summed E-state index contributed by atoms with van der Waals surface area (Å²) in [6.07, 6.45) is 3.31. The van der Waals surface area contributed by atoms with E-state index in [-0.39, 0.29) is 5.91 Å². The molecule has 146 valence electrons. The van der Waals surface area contributed by atoms with Crippen LogP contribution in [0.2, 0.25) is 0 Å². The second-order valence-corrected chi connectivity index (χ2v) is 7.49. The van der Waals surface area contributed by atoms with Crippen molar-refractivity contribution in [3.8, 4) is 11.4 Å². The summed E-state index contributed by atoms with van der Waals surface area (Å²) < 4.78 is 14.8. The summed E-state index contributed by atoms with van der Waals surface area (Å²) in [6, 6.07) is 16.6. The van der Waals surface area contributed by atoms with Crippen LogP contribution in [0, 0.1) is 5.82 Å². The van der Waals surface area contributed by atoms with Crippen molar-refractivity contribution in [1.29, 1.82) is 0 Å². The molecule has 0 spiro atoms. The van der Waals surface area contributed by atoms with Gasteiger partial charge in [-0.2, -0.15) is 0 Å². The van der Waals surface area contributed by atoms with Crippen LogP contribution in [0.25, 0.3) is 33.2 Å². The van der Waals surface area contributed by atoms with Crippen LogP contribution in [-0.4, -0.2) is 34.0 Å². The average Bonchev–Trinajstić information content (AvgIpc) is 3.15. The summed E-state index contributed by atoms with van der Waals surface area (Å²) in [6.45, 7) is 1.67. The van der Waals surface area contributed by atoms with Gasteiger partial charge in [0.2, 0.25) is 0 Å². The summed E-state index contributed by atoms with van der Waals surface area (Å²) in [5, 5.41) is 4.09. The molecule has 0 atom stereocenters. The lowest BCUT2D eigenvalue weighted by atomic mass is 10.1. The second-order valence-electron chi connectivity index (χ2n) is 7.49. The van der Waals surface area contributed by atoms with Crippen LogP contribution < -0.4 is 5.43 Å². The maximum Gasteiger partial charge on any atom is 0.265 e. The molecule has 1 aromatic heterocycles. The summed E-state index contributed by atoms with van der Waals surface area (Å²) in [7, 11) is 0. The number of carbonyl (C=O) groups is 1. The Morgan fingerprint density at radius 3 is 2.52 bits per heavy atom. The molecule has 4 aromatic rings. The van der Waals surface area contributed by atoms with Gasteiger partial charge in [-0.05, 0) is 53.9 Å². The van der Waals surface area contributed by atoms with E-state index in [2.05, 4.69) is 15.4 Å². The van der Waals surface area contributed by atoms with Gasteiger partial charge < -0.3 is 4.98 Å². The Labute approximate surface area is 167 Å². The minimum Gasteiger partial charge on any atom is -0.338 e. The third kappa shape index (κ3) is 3.47. The van der Waals surface area contributed by atoms with E-state index in [1.165, 1.54) is 12.5 Å². The molecule has 0 aliphatic carbocycles. The number of hydrazine groups is 1. The van der Waals surface area contributed by atoms with Crippen LogP contribution >= 0.6 is 0 Å². The fourth-order valence-corrected chi connectivity index (χ4v) is 3.89. The average molecular weight is 388 g/mol. The van der Waals surface area contributed by atoms with E-state index in [1.807, 2.05) is 41.4 Å². The van der Waals surface area contributed by atoms with Gasteiger partial charge in [-0.1, -0.05) is 30.7 Å². The molecule has 0 unspecified atom stereocenters. The van der Waals surface area contributed by atoms with Gasteiger partial charge in [0.1, 0.15) is 11.6 Å². The molecule has 6 heteroatoms. The Morgan fingerprint density at radius 1 is 1.00 bits per heavy atom. The number of carbonyl (C=O) groups excluding carboxylic acids is 1.